The summed E-state index contributed by atoms with van der Waals surface area (Å²) in [7, 11) is 4.21. The van der Waals surface area contributed by atoms with Gasteiger partial charge < -0.3 is 15.2 Å². The van der Waals surface area contributed by atoms with Gasteiger partial charge in [0.05, 0.1) is 16.6 Å². The molecule has 6 nitrogen and oxygen atoms in total. The summed E-state index contributed by atoms with van der Waals surface area (Å²) in [6.07, 6.45) is 0. The molecule has 1 unspecified atom stereocenters. The Labute approximate surface area is 122 Å². The van der Waals surface area contributed by atoms with Crippen LogP contribution < -0.4 is 5.73 Å². The SMILES string of the molecule is Cc1cc(-c2nc(C3CN(C)CCN3C)no2)c(N)s1. The van der Waals surface area contributed by atoms with Crippen LogP contribution in [0.15, 0.2) is 10.6 Å². The molecule has 1 aliphatic rings. The predicted molar refractivity (Wildman–Crippen MR) is 79.6 cm³/mol. The average Bonchev–Trinajstić information content (AvgIpc) is 2.99. The highest BCUT2D eigenvalue weighted by Gasteiger charge is 2.28. The van der Waals surface area contributed by atoms with Crippen LogP contribution in [-0.4, -0.2) is 53.7 Å². The van der Waals surface area contributed by atoms with Crippen molar-refractivity contribution in [1.82, 2.24) is 19.9 Å². The van der Waals surface area contributed by atoms with Crippen LogP contribution in [0, 0.1) is 6.92 Å². The van der Waals surface area contributed by atoms with Crippen molar-refractivity contribution in [3.63, 3.8) is 0 Å². The Bertz CT molecular complexity index is 608. The minimum atomic E-state index is 0.173. The van der Waals surface area contributed by atoms with Gasteiger partial charge in [-0.25, -0.2) is 0 Å². The van der Waals surface area contributed by atoms with E-state index in [1.807, 2.05) is 13.0 Å². The number of hydrogen-bond donors (Lipinski definition) is 1. The van der Waals surface area contributed by atoms with E-state index in [9.17, 15) is 0 Å². The van der Waals surface area contributed by atoms with Gasteiger partial charge in [0.1, 0.15) is 0 Å². The summed E-state index contributed by atoms with van der Waals surface area (Å²) in [6, 6.07) is 2.17. The standard InChI is InChI=1S/C13H19N5OS/c1-8-6-9(11(14)20-8)13-15-12(16-19-13)10-7-17(2)4-5-18(10)3/h6,10H,4-5,7,14H2,1-3H3. The summed E-state index contributed by atoms with van der Waals surface area (Å²) >= 11 is 1.54. The molecular weight excluding hydrogens is 274 g/mol. The van der Waals surface area contributed by atoms with Gasteiger partial charge in [-0.05, 0) is 27.1 Å². The molecule has 0 radical (unpaired) electrons. The number of hydrogen-bond acceptors (Lipinski definition) is 7. The summed E-state index contributed by atoms with van der Waals surface area (Å²) < 4.78 is 5.40. The molecule has 3 heterocycles. The van der Waals surface area contributed by atoms with Crippen LogP contribution in [0.3, 0.4) is 0 Å². The number of anilines is 1. The van der Waals surface area contributed by atoms with Crippen molar-refractivity contribution < 1.29 is 4.52 Å². The van der Waals surface area contributed by atoms with E-state index in [2.05, 4.69) is 34.0 Å². The van der Waals surface area contributed by atoms with Gasteiger partial charge in [-0.15, -0.1) is 11.3 Å². The fraction of sp³-hybridized carbons (Fsp3) is 0.538. The van der Waals surface area contributed by atoms with Crippen LogP contribution in [0.25, 0.3) is 11.5 Å². The molecule has 2 aromatic heterocycles. The molecule has 3 rings (SSSR count). The van der Waals surface area contributed by atoms with E-state index in [-0.39, 0.29) is 6.04 Å². The highest BCUT2D eigenvalue weighted by Crippen LogP contribution is 2.33. The van der Waals surface area contributed by atoms with E-state index >= 15 is 0 Å². The minimum Gasteiger partial charge on any atom is -0.390 e. The molecule has 7 heteroatoms. The minimum absolute atomic E-state index is 0.173. The van der Waals surface area contributed by atoms with Crippen molar-refractivity contribution in [2.45, 2.75) is 13.0 Å². The van der Waals surface area contributed by atoms with Gasteiger partial charge in [-0.2, -0.15) is 4.98 Å². The molecule has 2 aromatic rings. The van der Waals surface area contributed by atoms with Gasteiger partial charge in [-0.3, -0.25) is 4.90 Å². The summed E-state index contributed by atoms with van der Waals surface area (Å²) in [5.41, 5.74) is 6.83. The van der Waals surface area contributed by atoms with Crippen LogP contribution >= 0.6 is 11.3 Å². The van der Waals surface area contributed by atoms with Gasteiger partial charge in [0.15, 0.2) is 5.82 Å². The highest BCUT2D eigenvalue weighted by molar-refractivity contribution is 7.16. The molecule has 1 atom stereocenters. The molecule has 0 saturated carbocycles. The van der Waals surface area contributed by atoms with E-state index in [1.165, 1.54) is 0 Å². The second-order valence-corrected chi connectivity index (χ2v) is 6.64. The maximum atomic E-state index is 5.98. The van der Waals surface area contributed by atoms with Crippen LogP contribution in [0.4, 0.5) is 5.00 Å². The molecule has 20 heavy (non-hydrogen) atoms. The zero-order chi connectivity index (χ0) is 14.3. The topological polar surface area (TPSA) is 71.4 Å². The molecule has 0 aromatic carbocycles. The molecule has 1 aliphatic heterocycles. The molecule has 1 fully saturated rings. The van der Waals surface area contributed by atoms with Crippen molar-refractivity contribution in [3.8, 4) is 11.5 Å². The largest absolute Gasteiger partial charge is 0.390 e. The third-order valence-corrected chi connectivity index (χ3v) is 4.58. The Hall–Kier alpha value is -1.44. The first kappa shape index (κ1) is 13.5. The van der Waals surface area contributed by atoms with Crippen molar-refractivity contribution in [2.75, 3.05) is 39.5 Å². The number of nitrogen functional groups attached to an aromatic ring is 1. The first-order valence-corrected chi connectivity index (χ1v) is 7.45. The molecule has 0 amide bonds. The average molecular weight is 293 g/mol. The maximum Gasteiger partial charge on any atom is 0.260 e. The van der Waals surface area contributed by atoms with Gasteiger partial charge in [0, 0.05) is 24.5 Å². The summed E-state index contributed by atoms with van der Waals surface area (Å²) in [5, 5.41) is 4.87. The number of aryl methyl sites for hydroxylation is 1. The summed E-state index contributed by atoms with van der Waals surface area (Å²) in [6.45, 7) is 5.00. The number of nitrogens with two attached hydrogens (primary N) is 1. The Morgan fingerprint density at radius 3 is 2.90 bits per heavy atom. The van der Waals surface area contributed by atoms with Crippen molar-refractivity contribution in [2.24, 2.45) is 0 Å². The first-order valence-electron chi connectivity index (χ1n) is 6.63. The number of likely N-dealkylation sites (N-methyl/N-ethyl adjacent to an activating group) is 2. The Morgan fingerprint density at radius 1 is 1.40 bits per heavy atom. The maximum absolute atomic E-state index is 5.98. The Balaban J connectivity index is 1.88. The quantitative estimate of drug-likeness (QED) is 0.907. The Morgan fingerprint density at radius 2 is 2.20 bits per heavy atom. The molecule has 2 N–H and O–H groups in total. The smallest absolute Gasteiger partial charge is 0.260 e. The van der Waals surface area contributed by atoms with E-state index in [4.69, 9.17) is 10.3 Å². The van der Waals surface area contributed by atoms with Gasteiger partial charge in [-0.1, -0.05) is 5.16 Å². The molecule has 0 bridgehead atoms. The molecular formula is C13H19N5OS. The predicted octanol–water partition coefficient (Wildman–Crippen LogP) is 1.61. The number of piperazine rings is 1. The lowest BCUT2D eigenvalue weighted by atomic mass is 10.2. The van der Waals surface area contributed by atoms with Crippen LogP contribution in [0.1, 0.15) is 16.7 Å². The van der Waals surface area contributed by atoms with Crippen LogP contribution in [-0.2, 0) is 0 Å². The van der Waals surface area contributed by atoms with Gasteiger partial charge in [0.25, 0.3) is 5.89 Å². The fourth-order valence-corrected chi connectivity index (χ4v) is 3.25. The van der Waals surface area contributed by atoms with Crippen molar-refractivity contribution in [3.05, 3.63) is 16.8 Å². The third kappa shape index (κ3) is 2.44. The van der Waals surface area contributed by atoms with Gasteiger partial charge in [0.2, 0.25) is 0 Å². The highest BCUT2D eigenvalue weighted by atomic mass is 32.1. The Kier molecular flexibility index (Phi) is 3.49. The van der Waals surface area contributed by atoms with E-state index in [1.54, 1.807) is 11.3 Å². The van der Waals surface area contributed by atoms with E-state index in [0.29, 0.717) is 5.89 Å². The number of rotatable bonds is 2. The third-order valence-electron chi connectivity index (χ3n) is 3.71. The summed E-state index contributed by atoms with van der Waals surface area (Å²) in [5.74, 6) is 1.25. The van der Waals surface area contributed by atoms with Crippen molar-refractivity contribution in [1.29, 1.82) is 0 Å². The lowest BCUT2D eigenvalue weighted by Gasteiger charge is -2.35. The lowest BCUT2D eigenvalue weighted by Crippen LogP contribution is -2.45. The number of thiophene rings is 1. The normalized spacial score (nSPS) is 21.4. The first-order chi connectivity index (χ1) is 9.54. The molecule has 0 aliphatic carbocycles. The zero-order valence-corrected chi connectivity index (χ0v) is 12.8. The fourth-order valence-electron chi connectivity index (χ4n) is 2.47. The van der Waals surface area contributed by atoms with E-state index < -0.39 is 0 Å². The number of nitrogens with zero attached hydrogens (tertiary/aromatic N) is 4. The monoisotopic (exact) mass is 293 g/mol. The molecule has 108 valence electrons. The molecule has 0 spiro atoms. The molecule has 1 saturated heterocycles. The second kappa shape index (κ2) is 5.16. The van der Waals surface area contributed by atoms with Crippen molar-refractivity contribution >= 4 is 16.3 Å². The van der Waals surface area contributed by atoms with Crippen LogP contribution in [0.2, 0.25) is 0 Å². The van der Waals surface area contributed by atoms with E-state index in [0.717, 1.165) is 40.9 Å². The number of aromatic nitrogens is 2. The van der Waals surface area contributed by atoms with Gasteiger partial charge >= 0.3 is 0 Å². The second-order valence-electron chi connectivity index (χ2n) is 5.35. The summed E-state index contributed by atoms with van der Waals surface area (Å²) in [4.78, 5) is 10.2. The zero-order valence-electron chi connectivity index (χ0n) is 12.0. The lowest BCUT2D eigenvalue weighted by molar-refractivity contribution is 0.108. The van der Waals surface area contributed by atoms with Crippen LogP contribution in [0.5, 0.6) is 0 Å².